The summed E-state index contributed by atoms with van der Waals surface area (Å²) in [6, 6.07) is 4.51. The van der Waals surface area contributed by atoms with Crippen molar-refractivity contribution < 1.29 is 21.6 Å². The third-order valence-corrected chi connectivity index (χ3v) is 9.29. The lowest BCUT2D eigenvalue weighted by atomic mass is 10.1. The predicted molar refractivity (Wildman–Crippen MR) is 96.6 cm³/mol. The summed E-state index contributed by atoms with van der Waals surface area (Å²) in [5.41, 5.74) is 0.801. The van der Waals surface area contributed by atoms with Crippen LogP contribution in [0.15, 0.2) is 23.1 Å². The fourth-order valence-electron chi connectivity index (χ4n) is 3.85. The van der Waals surface area contributed by atoms with Gasteiger partial charge in [0.15, 0.2) is 19.7 Å². The Bertz CT molecular complexity index is 842. The van der Waals surface area contributed by atoms with E-state index < -0.39 is 31.0 Å². The molecule has 0 aliphatic carbocycles. The summed E-state index contributed by atoms with van der Waals surface area (Å²) in [6.45, 7) is 3.33. The Labute approximate surface area is 150 Å². The van der Waals surface area contributed by atoms with E-state index in [1.54, 1.807) is 18.2 Å². The van der Waals surface area contributed by atoms with Crippen molar-refractivity contribution in [2.45, 2.75) is 42.4 Å². The van der Waals surface area contributed by atoms with E-state index in [1.165, 1.54) is 7.11 Å². The minimum Gasteiger partial charge on any atom is -0.495 e. The van der Waals surface area contributed by atoms with Gasteiger partial charge in [-0.25, -0.2) is 16.8 Å². The van der Waals surface area contributed by atoms with Crippen LogP contribution >= 0.6 is 0 Å². The summed E-state index contributed by atoms with van der Waals surface area (Å²) in [6.07, 6.45) is 3.08. The molecule has 0 N–H and O–H groups in total. The molecule has 0 saturated carbocycles. The minimum absolute atomic E-state index is 0.0783. The molecule has 2 fully saturated rings. The van der Waals surface area contributed by atoms with E-state index in [0.29, 0.717) is 0 Å². The molecule has 2 saturated heterocycles. The van der Waals surface area contributed by atoms with Crippen LogP contribution in [0.2, 0.25) is 0 Å². The second-order valence-electron chi connectivity index (χ2n) is 6.98. The van der Waals surface area contributed by atoms with Crippen molar-refractivity contribution in [3.8, 4) is 5.75 Å². The quantitative estimate of drug-likeness (QED) is 0.777. The third kappa shape index (κ3) is 3.71. The maximum atomic E-state index is 13.3. The first-order chi connectivity index (χ1) is 11.7. The van der Waals surface area contributed by atoms with Crippen molar-refractivity contribution in [2.75, 3.05) is 31.7 Å². The molecule has 2 atom stereocenters. The Morgan fingerprint density at radius 2 is 1.80 bits per heavy atom. The van der Waals surface area contributed by atoms with Crippen LogP contribution in [0, 0.1) is 6.92 Å². The number of methoxy groups -OCH3 is 1. The molecule has 1 aromatic carbocycles. The van der Waals surface area contributed by atoms with E-state index in [1.807, 2.05) is 6.92 Å². The first kappa shape index (κ1) is 18.7. The topological polar surface area (TPSA) is 80.8 Å². The maximum Gasteiger partial charge on any atom is 0.187 e. The van der Waals surface area contributed by atoms with Crippen LogP contribution in [-0.2, 0) is 19.7 Å². The van der Waals surface area contributed by atoms with E-state index >= 15 is 0 Å². The van der Waals surface area contributed by atoms with Crippen LogP contribution < -0.4 is 4.74 Å². The second-order valence-corrected chi connectivity index (χ2v) is 11.3. The molecule has 0 bridgehead atoms. The van der Waals surface area contributed by atoms with Crippen LogP contribution in [0.5, 0.6) is 5.75 Å². The van der Waals surface area contributed by atoms with E-state index in [9.17, 15) is 16.8 Å². The number of benzene rings is 1. The SMILES string of the molecule is COc1ccc(C)cc1S(=O)(=O)[C@@H]1CS(=O)(=O)C[C@@H]1N1CCCCC1. The average Bonchev–Trinajstić information content (AvgIpc) is 2.92. The van der Waals surface area contributed by atoms with E-state index in [-0.39, 0.29) is 22.2 Å². The van der Waals surface area contributed by atoms with Crippen molar-refractivity contribution in [1.29, 1.82) is 0 Å². The molecule has 0 amide bonds. The van der Waals surface area contributed by atoms with Crippen LogP contribution in [0.1, 0.15) is 24.8 Å². The van der Waals surface area contributed by atoms with Gasteiger partial charge < -0.3 is 4.74 Å². The van der Waals surface area contributed by atoms with Gasteiger partial charge in [-0.15, -0.1) is 0 Å². The molecule has 6 nitrogen and oxygen atoms in total. The molecule has 25 heavy (non-hydrogen) atoms. The lowest BCUT2D eigenvalue weighted by molar-refractivity contribution is 0.178. The molecule has 2 aliphatic rings. The van der Waals surface area contributed by atoms with Crippen LogP contribution in [0.4, 0.5) is 0 Å². The summed E-state index contributed by atoms with van der Waals surface area (Å²) < 4.78 is 56.5. The highest BCUT2D eigenvalue weighted by molar-refractivity contribution is 7.96. The molecular formula is C17H25NO5S2. The van der Waals surface area contributed by atoms with Gasteiger partial charge in [-0.05, 0) is 50.6 Å². The monoisotopic (exact) mass is 387 g/mol. The number of hydrogen-bond acceptors (Lipinski definition) is 6. The molecule has 0 aromatic heterocycles. The molecule has 0 radical (unpaired) electrons. The van der Waals surface area contributed by atoms with E-state index in [0.717, 1.165) is 37.9 Å². The van der Waals surface area contributed by atoms with Gasteiger partial charge in [-0.1, -0.05) is 12.5 Å². The van der Waals surface area contributed by atoms with Gasteiger partial charge in [0.1, 0.15) is 10.6 Å². The van der Waals surface area contributed by atoms with Gasteiger partial charge in [0.05, 0.1) is 23.9 Å². The summed E-state index contributed by atoms with van der Waals surface area (Å²) in [7, 11) is -5.77. The van der Waals surface area contributed by atoms with Crippen molar-refractivity contribution >= 4 is 19.7 Å². The fourth-order valence-corrected chi connectivity index (χ4v) is 8.93. The molecule has 0 unspecified atom stereocenters. The number of aryl methyl sites for hydroxylation is 1. The molecule has 2 aliphatic heterocycles. The smallest absolute Gasteiger partial charge is 0.187 e. The maximum absolute atomic E-state index is 13.3. The predicted octanol–water partition coefficient (Wildman–Crippen LogP) is 1.43. The highest BCUT2D eigenvalue weighted by Gasteiger charge is 2.49. The normalized spacial score (nSPS) is 27.3. The van der Waals surface area contributed by atoms with Crippen LogP contribution in [0.3, 0.4) is 0 Å². The summed E-state index contributed by atoms with van der Waals surface area (Å²) in [4.78, 5) is 2.15. The molecule has 0 spiro atoms. The zero-order valence-electron chi connectivity index (χ0n) is 14.6. The minimum atomic E-state index is -3.82. The summed E-state index contributed by atoms with van der Waals surface area (Å²) in [5, 5.41) is -0.939. The first-order valence-corrected chi connectivity index (χ1v) is 11.9. The number of hydrogen-bond donors (Lipinski definition) is 0. The highest BCUT2D eigenvalue weighted by atomic mass is 32.2. The average molecular weight is 388 g/mol. The zero-order valence-corrected chi connectivity index (χ0v) is 16.3. The number of ether oxygens (including phenoxy) is 1. The van der Waals surface area contributed by atoms with Crippen LogP contribution in [-0.4, -0.2) is 64.7 Å². The van der Waals surface area contributed by atoms with Gasteiger partial charge in [0.2, 0.25) is 0 Å². The Morgan fingerprint density at radius 3 is 2.44 bits per heavy atom. The molecule has 3 rings (SSSR count). The molecule has 8 heteroatoms. The number of piperidine rings is 1. The first-order valence-electron chi connectivity index (χ1n) is 8.57. The van der Waals surface area contributed by atoms with Crippen molar-refractivity contribution in [3.63, 3.8) is 0 Å². The van der Waals surface area contributed by atoms with Gasteiger partial charge in [-0.2, -0.15) is 0 Å². The molecule has 1 aromatic rings. The van der Waals surface area contributed by atoms with Crippen molar-refractivity contribution in [1.82, 2.24) is 4.90 Å². The summed E-state index contributed by atoms with van der Waals surface area (Å²) in [5.74, 6) is -0.120. The second kappa shape index (κ2) is 6.89. The van der Waals surface area contributed by atoms with E-state index in [2.05, 4.69) is 4.90 Å². The zero-order chi connectivity index (χ0) is 18.2. The Hall–Kier alpha value is -1.12. The largest absolute Gasteiger partial charge is 0.495 e. The highest BCUT2D eigenvalue weighted by Crippen LogP contribution is 2.34. The molecular weight excluding hydrogens is 362 g/mol. The lowest BCUT2D eigenvalue weighted by Gasteiger charge is -2.34. The number of nitrogens with zero attached hydrogens (tertiary/aromatic N) is 1. The lowest BCUT2D eigenvalue weighted by Crippen LogP contribution is -2.48. The number of likely N-dealkylation sites (tertiary alicyclic amines) is 1. The van der Waals surface area contributed by atoms with Gasteiger partial charge in [0, 0.05) is 6.04 Å². The van der Waals surface area contributed by atoms with Crippen molar-refractivity contribution in [2.24, 2.45) is 0 Å². The van der Waals surface area contributed by atoms with Gasteiger partial charge in [-0.3, -0.25) is 4.90 Å². The third-order valence-electron chi connectivity index (χ3n) is 5.16. The number of sulfone groups is 2. The Balaban J connectivity index is 2.03. The summed E-state index contributed by atoms with van der Waals surface area (Å²) >= 11 is 0. The van der Waals surface area contributed by atoms with E-state index in [4.69, 9.17) is 4.74 Å². The number of rotatable bonds is 4. The Morgan fingerprint density at radius 1 is 1.12 bits per heavy atom. The standard InChI is InChI=1S/C17H25NO5S2/c1-13-6-7-15(23-2)16(10-13)25(21,22)17-12-24(19,20)11-14(17)18-8-4-3-5-9-18/h6-7,10,14,17H,3-5,8-9,11-12H2,1-2H3/t14-,17+/m0/s1. The fraction of sp³-hybridized carbons (Fsp3) is 0.647. The van der Waals surface area contributed by atoms with Gasteiger partial charge in [0.25, 0.3) is 0 Å². The van der Waals surface area contributed by atoms with Crippen molar-refractivity contribution in [3.05, 3.63) is 23.8 Å². The molecule has 140 valence electrons. The van der Waals surface area contributed by atoms with Crippen LogP contribution in [0.25, 0.3) is 0 Å². The molecule has 2 heterocycles. The Kier molecular flexibility index (Phi) is 5.14. The van der Waals surface area contributed by atoms with Gasteiger partial charge >= 0.3 is 0 Å².